The molecule has 1 aliphatic carbocycles. The number of nitrogens with zero attached hydrogens (tertiary/aromatic N) is 2. The summed E-state index contributed by atoms with van der Waals surface area (Å²) in [4.78, 5) is 12.5. The van der Waals surface area contributed by atoms with E-state index in [4.69, 9.17) is 4.42 Å². The molecule has 23 heavy (non-hydrogen) atoms. The van der Waals surface area contributed by atoms with Crippen LogP contribution in [0.25, 0.3) is 0 Å². The molecular weight excluding hydrogens is 290 g/mol. The Labute approximate surface area is 136 Å². The number of benzene rings is 1. The van der Waals surface area contributed by atoms with Crippen molar-refractivity contribution >= 4 is 5.91 Å². The summed E-state index contributed by atoms with van der Waals surface area (Å²) in [5.41, 5.74) is 1.02. The average Bonchev–Trinajstić information content (AvgIpc) is 3.00. The van der Waals surface area contributed by atoms with Gasteiger partial charge < -0.3 is 9.73 Å². The predicted octanol–water partition coefficient (Wildman–Crippen LogP) is 3.35. The highest BCUT2D eigenvalue weighted by molar-refractivity contribution is 5.77. The minimum Gasteiger partial charge on any atom is -0.425 e. The third kappa shape index (κ3) is 4.18. The topological polar surface area (TPSA) is 68.0 Å². The van der Waals surface area contributed by atoms with E-state index in [-0.39, 0.29) is 11.8 Å². The van der Waals surface area contributed by atoms with E-state index in [0.717, 1.165) is 18.4 Å². The van der Waals surface area contributed by atoms with Gasteiger partial charge in [-0.2, -0.15) is 0 Å². The van der Waals surface area contributed by atoms with E-state index in [1.165, 1.54) is 19.3 Å². The molecule has 0 saturated heterocycles. The molecule has 122 valence electrons. The molecule has 1 aliphatic rings. The number of carbonyl (C=O) groups is 1. The molecule has 1 aromatic carbocycles. The van der Waals surface area contributed by atoms with Gasteiger partial charge >= 0.3 is 0 Å². The minimum absolute atomic E-state index is 0.0570. The number of rotatable bonds is 5. The molecule has 1 fully saturated rings. The van der Waals surface area contributed by atoms with Gasteiger partial charge in [0.15, 0.2) is 0 Å². The van der Waals surface area contributed by atoms with Crippen LogP contribution in [0.1, 0.15) is 61.8 Å². The van der Waals surface area contributed by atoms with Crippen molar-refractivity contribution in [3.8, 4) is 0 Å². The van der Waals surface area contributed by atoms with Crippen LogP contribution in [0.3, 0.4) is 0 Å². The first-order valence-corrected chi connectivity index (χ1v) is 8.36. The highest BCUT2D eigenvalue weighted by Gasteiger charge is 2.25. The van der Waals surface area contributed by atoms with Crippen molar-refractivity contribution < 1.29 is 9.21 Å². The smallest absolute Gasteiger partial charge is 0.224 e. The lowest BCUT2D eigenvalue weighted by Crippen LogP contribution is -2.36. The monoisotopic (exact) mass is 313 g/mol. The van der Waals surface area contributed by atoms with Crippen molar-refractivity contribution in [3.63, 3.8) is 0 Å². The molecule has 1 heterocycles. The summed E-state index contributed by atoms with van der Waals surface area (Å²) in [5, 5.41) is 11.2. The van der Waals surface area contributed by atoms with Crippen molar-refractivity contribution in [3.05, 3.63) is 47.7 Å². The first-order valence-electron chi connectivity index (χ1n) is 8.36. The van der Waals surface area contributed by atoms with E-state index in [1.807, 2.05) is 30.3 Å². The number of hydrogen-bond acceptors (Lipinski definition) is 4. The van der Waals surface area contributed by atoms with Crippen LogP contribution < -0.4 is 5.32 Å². The fourth-order valence-corrected chi connectivity index (χ4v) is 3.20. The fraction of sp³-hybridized carbons (Fsp3) is 0.500. The Bertz CT molecular complexity index is 633. The molecule has 0 bridgehead atoms. The third-order valence-electron chi connectivity index (χ3n) is 4.40. The third-order valence-corrected chi connectivity index (χ3v) is 4.40. The van der Waals surface area contributed by atoms with Crippen LogP contribution in [0.5, 0.6) is 0 Å². The van der Waals surface area contributed by atoms with Gasteiger partial charge in [-0.3, -0.25) is 4.79 Å². The average molecular weight is 313 g/mol. The van der Waals surface area contributed by atoms with Crippen molar-refractivity contribution in [2.75, 3.05) is 0 Å². The molecule has 1 saturated carbocycles. The lowest BCUT2D eigenvalue weighted by atomic mass is 9.93. The Balaban J connectivity index is 1.72. The number of carbonyl (C=O) groups excluding carboxylic acids is 1. The van der Waals surface area contributed by atoms with E-state index in [2.05, 4.69) is 15.5 Å². The van der Waals surface area contributed by atoms with Gasteiger partial charge in [0.2, 0.25) is 17.7 Å². The summed E-state index contributed by atoms with van der Waals surface area (Å²) >= 11 is 0. The number of aromatic nitrogens is 2. The summed E-state index contributed by atoms with van der Waals surface area (Å²) in [6.07, 6.45) is 6.19. The molecule has 0 radical (unpaired) electrons. The van der Waals surface area contributed by atoms with Gasteiger partial charge in [0.05, 0.1) is 5.92 Å². The summed E-state index contributed by atoms with van der Waals surface area (Å²) in [7, 11) is 0. The normalized spacial score (nSPS) is 16.9. The van der Waals surface area contributed by atoms with Crippen LogP contribution in [0.2, 0.25) is 0 Å². The SMILES string of the molecule is Cc1nnc(C(CC(=O)NC2CCCCC2)c2ccccc2)o1. The molecule has 3 rings (SSSR count). The molecule has 2 aromatic rings. The predicted molar refractivity (Wildman–Crippen MR) is 87.0 cm³/mol. The summed E-state index contributed by atoms with van der Waals surface area (Å²) in [5.74, 6) is 0.892. The second-order valence-electron chi connectivity index (χ2n) is 6.23. The van der Waals surface area contributed by atoms with E-state index in [0.29, 0.717) is 24.2 Å². The Kier molecular flexibility index (Phi) is 5.05. The lowest BCUT2D eigenvalue weighted by Gasteiger charge is -2.23. The van der Waals surface area contributed by atoms with E-state index in [9.17, 15) is 4.79 Å². The lowest BCUT2D eigenvalue weighted by molar-refractivity contribution is -0.122. The molecular formula is C18H23N3O2. The zero-order chi connectivity index (χ0) is 16.1. The van der Waals surface area contributed by atoms with Crippen LogP contribution in [-0.4, -0.2) is 22.1 Å². The number of aryl methyl sites for hydroxylation is 1. The van der Waals surface area contributed by atoms with Gasteiger partial charge in [-0.25, -0.2) is 0 Å². The van der Waals surface area contributed by atoms with Crippen molar-refractivity contribution in [1.82, 2.24) is 15.5 Å². The van der Waals surface area contributed by atoms with E-state index < -0.39 is 0 Å². The first-order chi connectivity index (χ1) is 11.2. The summed E-state index contributed by atoms with van der Waals surface area (Å²) < 4.78 is 5.59. The van der Waals surface area contributed by atoms with Crippen LogP contribution in [0.15, 0.2) is 34.7 Å². The molecule has 5 heteroatoms. The van der Waals surface area contributed by atoms with Gasteiger partial charge in [-0.15, -0.1) is 10.2 Å². The first kappa shape index (κ1) is 15.7. The maximum atomic E-state index is 12.5. The van der Waals surface area contributed by atoms with Crippen molar-refractivity contribution in [1.29, 1.82) is 0 Å². The van der Waals surface area contributed by atoms with Crippen LogP contribution in [0.4, 0.5) is 0 Å². The fourth-order valence-electron chi connectivity index (χ4n) is 3.20. The summed E-state index contributed by atoms with van der Waals surface area (Å²) in [6, 6.07) is 10.2. The largest absolute Gasteiger partial charge is 0.425 e. The van der Waals surface area contributed by atoms with Crippen LogP contribution in [-0.2, 0) is 4.79 Å². The molecule has 1 unspecified atom stereocenters. The number of amides is 1. The van der Waals surface area contributed by atoms with Crippen LogP contribution in [0, 0.1) is 6.92 Å². The quantitative estimate of drug-likeness (QED) is 0.919. The van der Waals surface area contributed by atoms with Gasteiger partial charge in [-0.1, -0.05) is 49.6 Å². The number of hydrogen-bond donors (Lipinski definition) is 1. The number of nitrogens with one attached hydrogen (secondary N) is 1. The zero-order valence-electron chi connectivity index (χ0n) is 13.5. The van der Waals surface area contributed by atoms with E-state index in [1.54, 1.807) is 6.92 Å². The van der Waals surface area contributed by atoms with Gasteiger partial charge in [-0.05, 0) is 18.4 Å². The molecule has 0 spiro atoms. The maximum absolute atomic E-state index is 12.5. The van der Waals surface area contributed by atoms with Gasteiger partial charge in [0.1, 0.15) is 0 Å². The second kappa shape index (κ2) is 7.40. The van der Waals surface area contributed by atoms with Gasteiger partial charge in [0, 0.05) is 19.4 Å². The van der Waals surface area contributed by atoms with Crippen LogP contribution >= 0.6 is 0 Å². The molecule has 5 nitrogen and oxygen atoms in total. The van der Waals surface area contributed by atoms with Crippen molar-refractivity contribution in [2.24, 2.45) is 0 Å². The second-order valence-corrected chi connectivity index (χ2v) is 6.23. The summed E-state index contributed by atoms with van der Waals surface area (Å²) in [6.45, 7) is 1.76. The van der Waals surface area contributed by atoms with Crippen molar-refractivity contribution in [2.45, 2.75) is 57.4 Å². The highest BCUT2D eigenvalue weighted by atomic mass is 16.4. The molecule has 1 aromatic heterocycles. The minimum atomic E-state index is -0.194. The Morgan fingerprint density at radius 3 is 2.61 bits per heavy atom. The Hall–Kier alpha value is -2.17. The standard InChI is InChI=1S/C18H23N3O2/c1-13-20-21-18(23-13)16(14-8-4-2-5-9-14)12-17(22)19-15-10-6-3-7-11-15/h2,4-5,8-9,15-16H,3,6-7,10-12H2,1H3,(H,19,22). The molecule has 1 N–H and O–H groups in total. The highest BCUT2D eigenvalue weighted by Crippen LogP contribution is 2.27. The van der Waals surface area contributed by atoms with E-state index >= 15 is 0 Å². The Morgan fingerprint density at radius 1 is 1.22 bits per heavy atom. The zero-order valence-corrected chi connectivity index (χ0v) is 13.5. The molecule has 1 amide bonds. The maximum Gasteiger partial charge on any atom is 0.224 e. The molecule has 1 atom stereocenters. The molecule has 0 aliphatic heterocycles. The Morgan fingerprint density at radius 2 is 1.96 bits per heavy atom. The van der Waals surface area contributed by atoms with Gasteiger partial charge in [0.25, 0.3) is 0 Å².